The third kappa shape index (κ3) is 5.57. The Kier molecular flexibility index (Phi) is 6.96. The molecule has 0 bridgehead atoms. The maximum Gasteiger partial charge on any atom is 0.303 e. The molecule has 0 spiro atoms. The van der Waals surface area contributed by atoms with Gasteiger partial charge in [0.1, 0.15) is 11.4 Å². The van der Waals surface area contributed by atoms with E-state index in [0.717, 1.165) is 30.6 Å². The number of carbonyl (C=O) groups is 2. The van der Waals surface area contributed by atoms with Crippen molar-refractivity contribution in [1.29, 1.82) is 0 Å². The van der Waals surface area contributed by atoms with Gasteiger partial charge >= 0.3 is 5.97 Å². The van der Waals surface area contributed by atoms with Crippen molar-refractivity contribution in [2.45, 2.75) is 70.9 Å². The van der Waals surface area contributed by atoms with Crippen LogP contribution in [0.5, 0.6) is 5.75 Å². The molecule has 8 heteroatoms. The summed E-state index contributed by atoms with van der Waals surface area (Å²) >= 11 is 7.56. The first-order chi connectivity index (χ1) is 14.5. The van der Waals surface area contributed by atoms with Crippen molar-refractivity contribution in [3.05, 3.63) is 44.7 Å². The molecule has 31 heavy (non-hydrogen) atoms. The predicted molar refractivity (Wildman–Crippen MR) is 122 cm³/mol. The Morgan fingerprint density at radius 3 is 2.52 bits per heavy atom. The zero-order chi connectivity index (χ0) is 22.8. The van der Waals surface area contributed by atoms with Crippen LogP contribution in [0.25, 0.3) is 0 Å². The van der Waals surface area contributed by atoms with Crippen molar-refractivity contribution in [1.82, 2.24) is 4.57 Å². The minimum absolute atomic E-state index is 0.110. The largest absolute Gasteiger partial charge is 0.496 e. The van der Waals surface area contributed by atoms with Crippen LogP contribution < -0.4 is 9.54 Å². The Balaban J connectivity index is 2.07. The molecule has 1 aliphatic carbocycles. The first-order valence-corrected chi connectivity index (χ1v) is 11.6. The van der Waals surface area contributed by atoms with Crippen LogP contribution in [0.3, 0.4) is 0 Å². The molecule has 3 rings (SSSR count). The van der Waals surface area contributed by atoms with E-state index in [2.05, 4.69) is 25.8 Å². The standard InChI is InChI=1S/C23H29ClN2O4S/c1-15(27)30-23(10-6-7-11-23)14-26-13-19(22(2,3)4)31-21(26)25-20(28)17-12-16(24)8-9-18(17)29-5/h8-9,12-13H,6-7,10-11,14H2,1-5H3/b25-21-. The summed E-state index contributed by atoms with van der Waals surface area (Å²) < 4.78 is 13.0. The fourth-order valence-electron chi connectivity index (χ4n) is 3.85. The first kappa shape index (κ1) is 23.5. The van der Waals surface area contributed by atoms with Crippen molar-refractivity contribution in [3.63, 3.8) is 0 Å². The fraction of sp³-hybridized carbons (Fsp3) is 0.522. The molecule has 1 heterocycles. The number of amides is 1. The van der Waals surface area contributed by atoms with Crippen molar-refractivity contribution in [2.75, 3.05) is 7.11 Å². The Labute approximate surface area is 191 Å². The van der Waals surface area contributed by atoms with Gasteiger partial charge in [-0.2, -0.15) is 4.99 Å². The van der Waals surface area contributed by atoms with Crippen molar-refractivity contribution in [2.24, 2.45) is 4.99 Å². The summed E-state index contributed by atoms with van der Waals surface area (Å²) in [5.74, 6) is -0.292. The average Bonchev–Trinajstić information content (AvgIpc) is 3.28. The fourth-order valence-corrected chi connectivity index (χ4v) is 5.07. The van der Waals surface area contributed by atoms with Gasteiger partial charge in [-0.1, -0.05) is 32.4 Å². The molecular formula is C23H29ClN2O4S. The van der Waals surface area contributed by atoms with Gasteiger partial charge < -0.3 is 14.0 Å². The summed E-state index contributed by atoms with van der Waals surface area (Å²) in [4.78, 5) is 30.9. The lowest BCUT2D eigenvalue weighted by Crippen LogP contribution is -2.38. The van der Waals surface area contributed by atoms with Gasteiger partial charge in [-0.25, -0.2) is 0 Å². The second-order valence-electron chi connectivity index (χ2n) is 9.00. The molecule has 6 nitrogen and oxygen atoms in total. The molecule has 1 saturated carbocycles. The van der Waals surface area contributed by atoms with Crippen LogP contribution in [0.1, 0.15) is 68.6 Å². The number of rotatable bonds is 5. The number of carbonyl (C=O) groups excluding carboxylic acids is 2. The zero-order valence-electron chi connectivity index (χ0n) is 18.7. The molecule has 0 saturated heterocycles. The minimum Gasteiger partial charge on any atom is -0.496 e. The van der Waals surface area contributed by atoms with Gasteiger partial charge in [0.15, 0.2) is 4.80 Å². The molecule has 1 amide bonds. The van der Waals surface area contributed by atoms with E-state index in [-0.39, 0.29) is 11.4 Å². The monoisotopic (exact) mass is 464 g/mol. The number of thiazole rings is 1. The summed E-state index contributed by atoms with van der Waals surface area (Å²) in [6.07, 6.45) is 5.64. The van der Waals surface area contributed by atoms with E-state index in [1.54, 1.807) is 18.2 Å². The van der Waals surface area contributed by atoms with E-state index in [4.69, 9.17) is 21.1 Å². The molecule has 0 atom stereocenters. The van der Waals surface area contributed by atoms with Gasteiger partial charge in [-0.05, 0) is 49.3 Å². The Morgan fingerprint density at radius 1 is 1.26 bits per heavy atom. The molecule has 2 aromatic rings. The van der Waals surface area contributed by atoms with Gasteiger partial charge in [0.05, 0.1) is 19.2 Å². The van der Waals surface area contributed by atoms with Crippen LogP contribution in [0.4, 0.5) is 0 Å². The third-order valence-electron chi connectivity index (χ3n) is 5.38. The van der Waals surface area contributed by atoms with Crippen LogP contribution >= 0.6 is 22.9 Å². The highest BCUT2D eigenvalue weighted by atomic mass is 35.5. The molecule has 1 fully saturated rings. The molecule has 168 valence electrons. The van der Waals surface area contributed by atoms with Gasteiger partial charge in [0, 0.05) is 23.0 Å². The molecule has 1 aromatic carbocycles. The number of halogens is 1. The number of ether oxygens (including phenoxy) is 2. The number of hydrogen-bond acceptors (Lipinski definition) is 5. The van der Waals surface area contributed by atoms with Crippen molar-refractivity contribution in [3.8, 4) is 5.75 Å². The maximum atomic E-state index is 13.1. The topological polar surface area (TPSA) is 69.9 Å². The van der Waals surface area contributed by atoms with Gasteiger partial charge in [0.2, 0.25) is 0 Å². The molecule has 0 aliphatic heterocycles. The van der Waals surface area contributed by atoms with E-state index in [1.165, 1.54) is 25.4 Å². The maximum absolute atomic E-state index is 13.1. The summed E-state index contributed by atoms with van der Waals surface area (Å²) in [5.41, 5.74) is -0.363. The smallest absolute Gasteiger partial charge is 0.303 e. The number of benzene rings is 1. The Morgan fingerprint density at radius 2 is 1.94 bits per heavy atom. The number of esters is 1. The number of nitrogens with zero attached hydrogens (tertiary/aromatic N) is 2. The van der Waals surface area contributed by atoms with E-state index < -0.39 is 11.5 Å². The molecular weight excluding hydrogens is 436 g/mol. The lowest BCUT2D eigenvalue weighted by Gasteiger charge is -2.29. The van der Waals surface area contributed by atoms with Crippen LogP contribution in [0.2, 0.25) is 5.02 Å². The van der Waals surface area contributed by atoms with E-state index in [1.807, 2.05) is 10.8 Å². The second kappa shape index (κ2) is 9.17. The highest BCUT2D eigenvalue weighted by molar-refractivity contribution is 7.09. The SMILES string of the molecule is COc1ccc(Cl)cc1C(=O)/N=c1\sc(C(C)(C)C)cn1CC1(OC(C)=O)CCCC1. The first-order valence-electron chi connectivity index (χ1n) is 10.4. The van der Waals surface area contributed by atoms with Crippen LogP contribution in [-0.2, 0) is 21.5 Å². The summed E-state index contributed by atoms with van der Waals surface area (Å²) in [5, 5.41) is 0.438. The second-order valence-corrected chi connectivity index (χ2v) is 10.4. The van der Waals surface area contributed by atoms with Crippen molar-refractivity contribution >= 4 is 34.8 Å². The lowest BCUT2D eigenvalue weighted by atomic mass is 9.95. The Hall–Kier alpha value is -2.12. The summed E-state index contributed by atoms with van der Waals surface area (Å²) in [6.45, 7) is 8.27. The number of hydrogen-bond donors (Lipinski definition) is 0. The molecule has 0 unspecified atom stereocenters. The molecule has 0 N–H and O–H groups in total. The highest BCUT2D eigenvalue weighted by Gasteiger charge is 2.38. The predicted octanol–water partition coefficient (Wildman–Crippen LogP) is 5.13. The van der Waals surface area contributed by atoms with Crippen LogP contribution in [-0.4, -0.2) is 29.2 Å². The molecule has 0 radical (unpaired) electrons. The van der Waals surface area contributed by atoms with Crippen LogP contribution in [0, 0.1) is 0 Å². The van der Waals surface area contributed by atoms with Crippen molar-refractivity contribution < 1.29 is 19.1 Å². The van der Waals surface area contributed by atoms with E-state index in [9.17, 15) is 9.59 Å². The molecule has 1 aliphatic rings. The lowest BCUT2D eigenvalue weighted by molar-refractivity contribution is -0.158. The average molecular weight is 465 g/mol. The summed E-state index contributed by atoms with van der Waals surface area (Å²) in [7, 11) is 1.51. The van der Waals surface area contributed by atoms with E-state index >= 15 is 0 Å². The summed E-state index contributed by atoms with van der Waals surface area (Å²) in [6, 6.07) is 4.89. The third-order valence-corrected chi connectivity index (χ3v) is 7.06. The van der Waals surface area contributed by atoms with Gasteiger partial charge in [-0.3, -0.25) is 9.59 Å². The zero-order valence-corrected chi connectivity index (χ0v) is 20.2. The van der Waals surface area contributed by atoms with Gasteiger partial charge in [-0.15, -0.1) is 11.3 Å². The van der Waals surface area contributed by atoms with Crippen LogP contribution in [0.15, 0.2) is 29.4 Å². The Bertz CT molecular complexity index is 1040. The number of aromatic nitrogens is 1. The quantitative estimate of drug-likeness (QED) is 0.575. The highest BCUT2D eigenvalue weighted by Crippen LogP contribution is 2.35. The normalized spacial score (nSPS) is 16.4. The van der Waals surface area contributed by atoms with Gasteiger partial charge in [0.25, 0.3) is 5.91 Å². The van der Waals surface area contributed by atoms with E-state index in [0.29, 0.717) is 27.7 Å². The molecule has 1 aromatic heterocycles. The minimum atomic E-state index is -0.562. The number of methoxy groups -OCH3 is 1.